The summed E-state index contributed by atoms with van der Waals surface area (Å²) in [5.74, 6) is 0.937. The molecule has 9 rings (SSSR count). The van der Waals surface area contributed by atoms with Gasteiger partial charge < -0.3 is 5.11 Å². The maximum Gasteiger partial charge on any atom is 0.148 e. The second-order valence-electron chi connectivity index (χ2n) is 25.6. The minimum absolute atomic E-state index is 0. The molecular weight excluding hydrogens is 1100 g/mol. The van der Waals surface area contributed by atoms with Crippen molar-refractivity contribution in [2.24, 2.45) is 0 Å². The van der Waals surface area contributed by atoms with E-state index in [-0.39, 0.29) is 48.5 Å². The molecule has 0 radical (unpaired) electrons. The number of imidazole rings is 1. The van der Waals surface area contributed by atoms with Gasteiger partial charge in [-0.15, -0.1) is 29.3 Å². The van der Waals surface area contributed by atoms with Gasteiger partial charge in [-0.25, -0.2) is 4.98 Å². The van der Waals surface area contributed by atoms with Gasteiger partial charge in [-0.05, 0) is 103 Å². The molecule has 0 bridgehead atoms. The summed E-state index contributed by atoms with van der Waals surface area (Å²) in [5.41, 5.74) is 19.2. The molecule has 0 aliphatic heterocycles. The summed E-state index contributed by atoms with van der Waals surface area (Å²) < 4.78 is 2.29. The summed E-state index contributed by atoms with van der Waals surface area (Å²) in [6, 6.07) is 60.1. The standard InChI is InChI=1S/C68H74N3OSi.Pt/c1-65(2,3)51-32-33-60(56(40-51)45-22-17-16-18-23-45)71-61-27-21-26-55(62(61)70-64(71)57-41-53(67(7,8)9)42-58(63(57)72)68(10,11)12)49-36-50(38-52(37-49)66(4,5)6)59-39-47(34-35-69-59)44-28-30-46(31-29-44)54-25-20-19-24-48(54)43-73(13,14)15;/h16-35,37-42,72H,43H2,1-15H3;/q-1;. The number of aromatic nitrogens is 3. The van der Waals surface area contributed by atoms with Crippen molar-refractivity contribution < 1.29 is 26.2 Å². The molecule has 0 saturated carbocycles. The van der Waals surface area contributed by atoms with Gasteiger partial charge in [0, 0.05) is 52.2 Å². The summed E-state index contributed by atoms with van der Waals surface area (Å²) in [7, 11) is -1.31. The van der Waals surface area contributed by atoms with E-state index in [1.54, 1.807) is 0 Å². The van der Waals surface area contributed by atoms with Crippen molar-refractivity contribution in [1.29, 1.82) is 0 Å². The largest absolute Gasteiger partial charge is 0.507 e. The predicted octanol–water partition coefficient (Wildman–Crippen LogP) is 18.5. The van der Waals surface area contributed by atoms with Gasteiger partial charge in [0.1, 0.15) is 11.6 Å². The van der Waals surface area contributed by atoms with E-state index >= 15 is 0 Å². The van der Waals surface area contributed by atoms with Gasteiger partial charge in [0.2, 0.25) is 0 Å². The molecule has 2 aromatic heterocycles. The molecule has 2 heterocycles. The van der Waals surface area contributed by atoms with E-state index in [1.807, 2.05) is 6.20 Å². The Balaban J connectivity index is 0.00000729. The smallest absolute Gasteiger partial charge is 0.148 e. The fourth-order valence-corrected chi connectivity index (χ4v) is 11.5. The first-order valence-electron chi connectivity index (χ1n) is 26.1. The maximum absolute atomic E-state index is 12.6. The van der Waals surface area contributed by atoms with Crippen LogP contribution in [-0.4, -0.2) is 27.7 Å². The van der Waals surface area contributed by atoms with Crippen LogP contribution in [0.5, 0.6) is 5.75 Å². The second-order valence-corrected chi connectivity index (χ2v) is 31.0. The number of phenols is 1. The quantitative estimate of drug-likeness (QED) is 0.116. The van der Waals surface area contributed by atoms with Crippen molar-refractivity contribution in [2.45, 2.75) is 130 Å². The molecular formula is C68H74N3OPtSi-. The molecule has 74 heavy (non-hydrogen) atoms. The van der Waals surface area contributed by atoms with Gasteiger partial charge in [-0.2, -0.15) is 0 Å². The number of hydrogen-bond donors (Lipinski definition) is 1. The molecule has 0 saturated heterocycles. The Hall–Kier alpha value is -6.13. The van der Waals surface area contributed by atoms with Gasteiger partial charge in [0.15, 0.2) is 0 Å². The van der Waals surface area contributed by atoms with Crippen molar-refractivity contribution in [1.82, 2.24) is 14.5 Å². The zero-order valence-corrected chi connectivity index (χ0v) is 49.6. The van der Waals surface area contributed by atoms with Crippen LogP contribution >= 0.6 is 0 Å². The Morgan fingerprint density at radius 3 is 1.73 bits per heavy atom. The SMILES string of the molecule is CC(C)(C)c1cc(-c2cc(-c3ccc(-c4ccccc4C[Si](C)(C)C)cc3)ccn2)[c-]c(-c2cccc3c2nc(-c2cc(C(C)(C)C)cc(C(C)(C)C)c2O)n3-c2ccc(C(C)(C)C)cc2-c2ccccc2)c1.[Pt]. The van der Waals surface area contributed by atoms with E-state index < -0.39 is 8.07 Å². The summed E-state index contributed by atoms with van der Waals surface area (Å²) in [4.78, 5) is 10.7. The third-order valence-corrected chi connectivity index (χ3v) is 15.7. The van der Waals surface area contributed by atoms with Crippen LogP contribution in [0.4, 0.5) is 0 Å². The topological polar surface area (TPSA) is 50.9 Å². The zero-order valence-electron chi connectivity index (χ0n) is 46.3. The molecule has 0 atom stereocenters. The average molecular weight is 1170 g/mol. The summed E-state index contributed by atoms with van der Waals surface area (Å²) in [6.45, 7) is 34.1. The van der Waals surface area contributed by atoms with Crippen LogP contribution in [0.15, 0.2) is 158 Å². The fraction of sp³-hybridized carbons (Fsp3) is 0.294. The maximum atomic E-state index is 12.6. The Labute approximate surface area is 457 Å². The molecule has 9 aromatic rings. The third-order valence-electron chi connectivity index (χ3n) is 14.2. The number of aromatic hydroxyl groups is 1. The van der Waals surface area contributed by atoms with Crippen molar-refractivity contribution in [3.8, 4) is 78.6 Å². The van der Waals surface area contributed by atoms with Crippen molar-refractivity contribution in [3.63, 3.8) is 0 Å². The summed E-state index contributed by atoms with van der Waals surface area (Å²) in [5, 5.41) is 12.6. The number of nitrogens with zero attached hydrogens (tertiary/aromatic N) is 3. The van der Waals surface area contributed by atoms with Crippen molar-refractivity contribution in [3.05, 3.63) is 192 Å². The van der Waals surface area contributed by atoms with E-state index in [2.05, 4.69) is 265 Å². The van der Waals surface area contributed by atoms with Gasteiger partial charge in [-0.1, -0.05) is 223 Å². The zero-order chi connectivity index (χ0) is 52.4. The normalized spacial score (nSPS) is 12.5. The molecule has 7 aromatic carbocycles. The minimum Gasteiger partial charge on any atom is -0.507 e. The average Bonchev–Trinajstić information content (AvgIpc) is 3.72. The van der Waals surface area contributed by atoms with Crippen LogP contribution in [-0.2, 0) is 48.8 Å². The van der Waals surface area contributed by atoms with Crippen LogP contribution in [0, 0.1) is 6.07 Å². The number of phenolic OH excluding ortho intramolecular Hbond substituents is 1. The molecule has 0 spiro atoms. The van der Waals surface area contributed by atoms with Crippen LogP contribution in [0.25, 0.3) is 83.9 Å². The number of hydrogen-bond acceptors (Lipinski definition) is 3. The molecule has 0 unspecified atom stereocenters. The van der Waals surface area contributed by atoms with E-state index in [0.29, 0.717) is 11.4 Å². The Morgan fingerprint density at radius 2 is 1.08 bits per heavy atom. The Bertz CT molecular complexity index is 3500. The second kappa shape index (κ2) is 20.2. The molecule has 0 fully saturated rings. The first kappa shape index (κ1) is 54.1. The van der Waals surface area contributed by atoms with E-state index in [4.69, 9.17) is 9.97 Å². The molecule has 1 N–H and O–H groups in total. The molecule has 0 aliphatic carbocycles. The molecule has 6 heteroatoms. The number of pyridine rings is 1. The molecule has 0 amide bonds. The van der Waals surface area contributed by atoms with Gasteiger partial charge >= 0.3 is 0 Å². The molecule has 4 nitrogen and oxygen atoms in total. The molecule has 382 valence electrons. The Kier molecular flexibility index (Phi) is 14.8. The van der Waals surface area contributed by atoms with Crippen molar-refractivity contribution >= 4 is 19.1 Å². The summed E-state index contributed by atoms with van der Waals surface area (Å²) in [6.07, 6.45) is 1.92. The van der Waals surface area contributed by atoms with Gasteiger partial charge in [-0.3, -0.25) is 9.55 Å². The number of para-hydroxylation sites is 1. The number of rotatable bonds is 9. The first-order chi connectivity index (χ1) is 34.2. The monoisotopic (exact) mass is 1170 g/mol. The van der Waals surface area contributed by atoms with Crippen LogP contribution < -0.4 is 0 Å². The Morgan fingerprint density at radius 1 is 0.500 bits per heavy atom. The van der Waals surface area contributed by atoms with Crippen LogP contribution in [0.3, 0.4) is 0 Å². The summed E-state index contributed by atoms with van der Waals surface area (Å²) >= 11 is 0. The van der Waals surface area contributed by atoms with Gasteiger partial charge in [0.05, 0.1) is 22.3 Å². The van der Waals surface area contributed by atoms with Crippen LogP contribution in [0.2, 0.25) is 19.6 Å². The van der Waals surface area contributed by atoms with E-state index in [1.165, 1.54) is 27.8 Å². The predicted molar refractivity (Wildman–Crippen MR) is 314 cm³/mol. The first-order valence-corrected chi connectivity index (χ1v) is 29.8. The van der Waals surface area contributed by atoms with E-state index in [0.717, 1.165) is 78.5 Å². The van der Waals surface area contributed by atoms with Crippen molar-refractivity contribution in [2.75, 3.05) is 0 Å². The van der Waals surface area contributed by atoms with Gasteiger partial charge in [0.25, 0.3) is 0 Å². The minimum atomic E-state index is -1.31. The number of fused-ring (bicyclic) bond motifs is 1. The number of benzene rings is 7. The van der Waals surface area contributed by atoms with Crippen LogP contribution in [0.1, 0.15) is 111 Å². The fourth-order valence-electron chi connectivity index (χ4n) is 10.0. The van der Waals surface area contributed by atoms with E-state index in [9.17, 15) is 5.11 Å². The molecule has 0 aliphatic rings. The third kappa shape index (κ3) is 11.3.